The van der Waals surface area contributed by atoms with Gasteiger partial charge in [0.15, 0.2) is 0 Å². The number of halogens is 3. The van der Waals surface area contributed by atoms with Crippen LogP contribution in [0.15, 0.2) is 47.2 Å². The van der Waals surface area contributed by atoms with Crippen LogP contribution in [0.5, 0.6) is 0 Å². The van der Waals surface area contributed by atoms with Crippen LogP contribution in [0.25, 0.3) is 9.88 Å². The summed E-state index contributed by atoms with van der Waals surface area (Å²) in [5.41, 5.74) is 2.01. The van der Waals surface area contributed by atoms with E-state index < -0.39 is 11.2 Å². The second-order valence-corrected chi connectivity index (χ2v) is 10.2. The maximum Gasteiger partial charge on any atom is 0.445 e. The van der Waals surface area contributed by atoms with Gasteiger partial charge in [-0.15, -0.1) is 21.5 Å². The fourth-order valence-corrected chi connectivity index (χ4v) is 6.00. The highest BCUT2D eigenvalue weighted by Gasteiger charge is 2.36. The highest BCUT2D eigenvalue weighted by molar-refractivity contribution is 7.19. The third-order valence-electron chi connectivity index (χ3n) is 5.23. The van der Waals surface area contributed by atoms with Crippen molar-refractivity contribution in [1.82, 2.24) is 10.2 Å². The van der Waals surface area contributed by atoms with Crippen molar-refractivity contribution in [3.63, 3.8) is 0 Å². The molecule has 0 atom stereocenters. The fourth-order valence-electron chi connectivity index (χ4n) is 3.58. The third-order valence-corrected chi connectivity index (χ3v) is 8.19. The van der Waals surface area contributed by atoms with Gasteiger partial charge in [-0.05, 0) is 23.6 Å². The van der Waals surface area contributed by atoms with Crippen LogP contribution < -0.4 is 20.1 Å². The molecule has 0 bridgehead atoms. The summed E-state index contributed by atoms with van der Waals surface area (Å²) in [5.74, 6) is -0.237. The molecule has 1 aliphatic heterocycles. The zero-order chi connectivity index (χ0) is 23.7. The number of hydrogen-bond donors (Lipinski definition) is 1. The van der Waals surface area contributed by atoms with Crippen molar-refractivity contribution >= 4 is 56.4 Å². The third kappa shape index (κ3) is 4.76. The molecule has 176 valence electrons. The van der Waals surface area contributed by atoms with Crippen LogP contribution in [0.4, 0.5) is 29.7 Å². The second kappa shape index (κ2) is 9.31. The topological polar surface area (TPSA) is 75.5 Å². The number of nitrogens with one attached hydrogen (secondary N) is 2. The molecule has 1 amide bonds. The van der Waals surface area contributed by atoms with Crippen LogP contribution in [0.2, 0.25) is 0 Å². The van der Waals surface area contributed by atoms with Crippen molar-refractivity contribution in [2.45, 2.75) is 6.18 Å². The summed E-state index contributed by atoms with van der Waals surface area (Å²) in [6.07, 6.45) is -4.49. The number of benzene rings is 1. The summed E-state index contributed by atoms with van der Waals surface area (Å²) in [6.45, 7) is 2.14. The molecular weight excluding hydrogens is 505 g/mol. The number of hydrogen-bond acceptors (Lipinski definition) is 8. The van der Waals surface area contributed by atoms with Crippen molar-refractivity contribution in [3.8, 4) is 9.88 Å². The van der Waals surface area contributed by atoms with Gasteiger partial charge >= 0.3 is 12.1 Å². The van der Waals surface area contributed by atoms with E-state index in [9.17, 15) is 18.0 Å². The van der Waals surface area contributed by atoms with Crippen LogP contribution in [0.1, 0.15) is 15.5 Å². The highest BCUT2D eigenvalue weighted by Crippen LogP contribution is 2.35. The number of thiophene rings is 1. The molecule has 1 fully saturated rings. The average molecular weight is 524 g/mol. The molecule has 7 nitrogen and oxygen atoms in total. The molecular formula is C21H18F3N6OS3+. The van der Waals surface area contributed by atoms with Gasteiger partial charge in [-0.3, -0.25) is 4.79 Å². The van der Waals surface area contributed by atoms with E-state index >= 15 is 0 Å². The lowest BCUT2D eigenvalue weighted by molar-refractivity contribution is -0.361. The Hall–Kier alpha value is -3.03. The summed E-state index contributed by atoms with van der Waals surface area (Å²) in [7, 11) is 0. The predicted octanol–water partition coefficient (Wildman–Crippen LogP) is 4.74. The molecule has 1 saturated heterocycles. The number of amides is 1. The summed E-state index contributed by atoms with van der Waals surface area (Å²) in [5, 5.41) is 14.0. The maximum absolute atomic E-state index is 12.9. The molecule has 4 aromatic rings. The molecule has 0 unspecified atom stereocenters. The number of alkyl halides is 3. The molecule has 1 aliphatic rings. The Bertz CT molecular complexity index is 1280. The van der Waals surface area contributed by atoms with Crippen molar-refractivity contribution in [1.29, 1.82) is 0 Å². The van der Waals surface area contributed by atoms with Crippen LogP contribution in [0, 0.1) is 0 Å². The summed E-state index contributed by atoms with van der Waals surface area (Å²) in [4.78, 5) is 21.0. The van der Waals surface area contributed by atoms with E-state index in [4.69, 9.17) is 0 Å². The smallest absolute Gasteiger partial charge is 0.366 e. The SMILES string of the molecule is O=C(Nc1ccccc1N1CCN(c2nnc(C(F)(F)F)s2)CC1)c1csc(-c2cccs2)[nH+]1. The van der Waals surface area contributed by atoms with Gasteiger partial charge in [-0.1, -0.05) is 40.9 Å². The van der Waals surface area contributed by atoms with Gasteiger partial charge in [0.2, 0.25) is 10.1 Å². The lowest BCUT2D eigenvalue weighted by atomic mass is 10.2. The summed E-state index contributed by atoms with van der Waals surface area (Å²) >= 11 is 3.63. The second-order valence-electron chi connectivity index (χ2n) is 7.41. The number of H-pyrrole nitrogens is 1. The van der Waals surface area contributed by atoms with Crippen LogP contribution in [0.3, 0.4) is 0 Å². The number of thiazole rings is 1. The summed E-state index contributed by atoms with van der Waals surface area (Å²) in [6, 6.07) is 11.5. The van der Waals surface area contributed by atoms with E-state index in [0.717, 1.165) is 15.6 Å². The van der Waals surface area contributed by atoms with Gasteiger partial charge < -0.3 is 15.1 Å². The molecule has 0 saturated carbocycles. The van der Waals surface area contributed by atoms with E-state index in [2.05, 4.69) is 25.4 Å². The number of rotatable bonds is 5. The van der Waals surface area contributed by atoms with Gasteiger partial charge in [0.25, 0.3) is 10.7 Å². The monoisotopic (exact) mass is 523 g/mol. The number of carbonyl (C=O) groups is 1. The Kier molecular flexibility index (Phi) is 6.23. The maximum atomic E-state index is 12.9. The molecule has 4 heterocycles. The largest absolute Gasteiger partial charge is 0.445 e. The number of para-hydroxylation sites is 2. The number of nitrogens with zero attached hydrogens (tertiary/aromatic N) is 4. The van der Waals surface area contributed by atoms with Gasteiger partial charge in [-0.2, -0.15) is 18.2 Å². The Morgan fingerprint density at radius 1 is 1.00 bits per heavy atom. The first kappa shape index (κ1) is 22.7. The van der Waals surface area contributed by atoms with Crippen molar-refractivity contribution < 1.29 is 22.9 Å². The van der Waals surface area contributed by atoms with Crippen molar-refractivity contribution in [2.24, 2.45) is 0 Å². The van der Waals surface area contributed by atoms with E-state index in [-0.39, 0.29) is 11.0 Å². The van der Waals surface area contributed by atoms with Gasteiger partial charge in [0.05, 0.1) is 16.8 Å². The minimum atomic E-state index is -4.49. The predicted molar refractivity (Wildman–Crippen MR) is 128 cm³/mol. The molecule has 34 heavy (non-hydrogen) atoms. The first-order valence-electron chi connectivity index (χ1n) is 10.2. The van der Waals surface area contributed by atoms with E-state index in [1.807, 2.05) is 41.8 Å². The lowest BCUT2D eigenvalue weighted by Gasteiger charge is -2.36. The molecule has 5 rings (SSSR count). The molecule has 1 aromatic carbocycles. The van der Waals surface area contributed by atoms with Gasteiger partial charge in [0.1, 0.15) is 4.88 Å². The quantitative estimate of drug-likeness (QED) is 0.409. The van der Waals surface area contributed by atoms with E-state index in [1.54, 1.807) is 21.6 Å². The molecule has 2 N–H and O–H groups in total. The summed E-state index contributed by atoms with van der Waals surface area (Å²) < 4.78 is 38.5. The zero-order valence-electron chi connectivity index (χ0n) is 17.5. The average Bonchev–Trinajstić information content (AvgIpc) is 3.60. The molecule has 0 spiro atoms. The number of piperazine rings is 1. The van der Waals surface area contributed by atoms with Crippen molar-refractivity contribution in [3.05, 3.63) is 57.9 Å². The number of carbonyl (C=O) groups excluding carboxylic acids is 1. The normalized spacial score (nSPS) is 14.4. The van der Waals surface area contributed by atoms with E-state index in [1.165, 1.54) is 11.3 Å². The highest BCUT2D eigenvalue weighted by atomic mass is 32.1. The Labute approximate surface area is 204 Å². The minimum absolute atomic E-state index is 0.237. The minimum Gasteiger partial charge on any atom is -0.366 e. The van der Waals surface area contributed by atoms with Crippen molar-refractivity contribution in [2.75, 3.05) is 41.3 Å². The number of anilines is 3. The molecule has 3 aromatic heterocycles. The van der Waals surface area contributed by atoms with Crippen LogP contribution >= 0.6 is 34.0 Å². The Balaban J connectivity index is 1.26. The van der Waals surface area contributed by atoms with Gasteiger partial charge in [0, 0.05) is 26.2 Å². The number of aromatic nitrogens is 3. The van der Waals surface area contributed by atoms with Gasteiger partial charge in [-0.25, -0.2) is 0 Å². The van der Waals surface area contributed by atoms with Crippen LogP contribution in [-0.2, 0) is 6.18 Å². The lowest BCUT2D eigenvalue weighted by Crippen LogP contribution is -2.46. The molecule has 0 aliphatic carbocycles. The van der Waals surface area contributed by atoms with E-state index in [0.29, 0.717) is 48.9 Å². The Morgan fingerprint density at radius 2 is 1.76 bits per heavy atom. The standard InChI is InChI=1S/C21H17F3N6OS3/c22-21(23,24)19-27-28-20(34-19)30-9-7-29(8-10-30)15-5-2-1-4-13(15)25-17(31)14-12-33-18(26-14)16-6-3-11-32-16/h1-6,11-12H,7-10H2,(H,25,31)/p+1. The number of aromatic amines is 1. The zero-order valence-corrected chi connectivity index (χ0v) is 20.0. The fraction of sp³-hybridized carbons (Fsp3) is 0.238. The van der Waals surface area contributed by atoms with Crippen LogP contribution in [-0.4, -0.2) is 42.3 Å². The first-order chi connectivity index (χ1) is 16.4. The molecule has 13 heteroatoms. The Morgan fingerprint density at radius 3 is 2.47 bits per heavy atom. The molecule has 0 radical (unpaired) electrons. The first-order valence-corrected chi connectivity index (χ1v) is 12.8.